The molecule has 0 N–H and O–H groups in total. The lowest BCUT2D eigenvalue weighted by Gasteiger charge is -2.24. The minimum Gasteiger partial charge on any atom is -0.497 e. The SMILES string of the molecule is C=CCOC(=O)C1=C(C)N=c2sc(=Cc3ccc(-c4ccccc4Cl)o3)c(=O)n2C1c1ccc(OC)cc1. The van der Waals surface area contributed by atoms with Gasteiger partial charge in [-0.2, -0.15) is 0 Å². The van der Waals surface area contributed by atoms with Crippen molar-refractivity contribution in [2.24, 2.45) is 4.99 Å². The van der Waals surface area contributed by atoms with Crippen molar-refractivity contribution in [3.63, 3.8) is 0 Å². The van der Waals surface area contributed by atoms with Crippen molar-refractivity contribution in [1.82, 2.24) is 4.57 Å². The third-order valence-electron chi connectivity index (χ3n) is 6.04. The average molecular weight is 547 g/mol. The molecule has 4 aromatic rings. The Morgan fingerprint density at radius 3 is 2.66 bits per heavy atom. The summed E-state index contributed by atoms with van der Waals surface area (Å²) in [5.74, 6) is 1.18. The molecule has 3 heterocycles. The van der Waals surface area contributed by atoms with E-state index in [1.165, 1.54) is 22.0 Å². The molecular weight excluding hydrogens is 524 g/mol. The topological polar surface area (TPSA) is 83.0 Å². The van der Waals surface area contributed by atoms with Crippen molar-refractivity contribution in [2.45, 2.75) is 13.0 Å². The summed E-state index contributed by atoms with van der Waals surface area (Å²) in [4.78, 5) is 31.9. The highest BCUT2D eigenvalue weighted by Gasteiger charge is 2.33. The second-order valence-corrected chi connectivity index (χ2v) is 9.84. The number of carbonyl (C=O) groups is 1. The Hall–Kier alpha value is -4.14. The number of allylic oxidation sites excluding steroid dienone is 1. The van der Waals surface area contributed by atoms with E-state index in [1.54, 1.807) is 44.4 Å². The number of nitrogens with zero attached hydrogens (tertiary/aromatic N) is 2. The number of halogens is 1. The number of esters is 1. The third-order valence-corrected chi connectivity index (χ3v) is 7.36. The van der Waals surface area contributed by atoms with Crippen LogP contribution < -0.4 is 19.6 Å². The van der Waals surface area contributed by atoms with Crippen molar-refractivity contribution in [1.29, 1.82) is 0 Å². The van der Waals surface area contributed by atoms with Crippen LogP contribution in [0.1, 0.15) is 24.3 Å². The maximum Gasteiger partial charge on any atom is 0.338 e. The summed E-state index contributed by atoms with van der Waals surface area (Å²) in [7, 11) is 1.58. The van der Waals surface area contributed by atoms with Crippen LogP contribution in [0.5, 0.6) is 5.75 Å². The summed E-state index contributed by atoms with van der Waals surface area (Å²) in [5, 5.41) is 0.568. The van der Waals surface area contributed by atoms with Gasteiger partial charge < -0.3 is 13.9 Å². The molecule has 1 atom stereocenters. The van der Waals surface area contributed by atoms with Crippen molar-refractivity contribution in [2.75, 3.05) is 13.7 Å². The summed E-state index contributed by atoms with van der Waals surface area (Å²) in [6.07, 6.45) is 3.16. The monoisotopic (exact) mass is 546 g/mol. The van der Waals surface area contributed by atoms with Gasteiger partial charge in [0.25, 0.3) is 5.56 Å². The van der Waals surface area contributed by atoms with Crippen molar-refractivity contribution in [3.05, 3.63) is 121 Å². The zero-order valence-electron chi connectivity index (χ0n) is 20.6. The van der Waals surface area contributed by atoms with Gasteiger partial charge in [-0.1, -0.05) is 59.9 Å². The summed E-state index contributed by atoms with van der Waals surface area (Å²) in [5.41, 5.74) is 1.94. The number of fused-ring (bicyclic) bond motifs is 1. The normalized spacial score (nSPS) is 15.1. The molecule has 1 aliphatic rings. The van der Waals surface area contributed by atoms with Crippen LogP contribution in [-0.4, -0.2) is 24.3 Å². The molecule has 2 aromatic carbocycles. The van der Waals surface area contributed by atoms with Gasteiger partial charge in [0.15, 0.2) is 4.80 Å². The Morgan fingerprint density at radius 1 is 1.18 bits per heavy atom. The number of ether oxygens (including phenoxy) is 2. The molecule has 1 unspecified atom stereocenters. The number of methoxy groups -OCH3 is 1. The molecule has 0 saturated carbocycles. The minimum absolute atomic E-state index is 0.0433. The number of hydrogen-bond acceptors (Lipinski definition) is 7. The lowest BCUT2D eigenvalue weighted by molar-refractivity contribution is -0.138. The maximum atomic E-state index is 13.7. The molecule has 1 aliphatic heterocycles. The Labute approximate surface area is 227 Å². The van der Waals surface area contributed by atoms with E-state index < -0.39 is 12.0 Å². The van der Waals surface area contributed by atoms with E-state index in [0.29, 0.717) is 37.3 Å². The highest BCUT2D eigenvalue weighted by atomic mass is 35.5. The fraction of sp³-hybridized carbons (Fsp3) is 0.138. The molecule has 0 spiro atoms. The van der Waals surface area contributed by atoms with E-state index in [1.807, 2.05) is 36.4 Å². The van der Waals surface area contributed by atoms with Crippen LogP contribution in [0.3, 0.4) is 0 Å². The van der Waals surface area contributed by atoms with Gasteiger partial charge in [-0.25, -0.2) is 9.79 Å². The highest BCUT2D eigenvalue weighted by molar-refractivity contribution is 7.07. The lowest BCUT2D eigenvalue weighted by atomic mass is 9.96. The third kappa shape index (κ3) is 4.76. The molecular formula is C29H23ClN2O5S. The number of carbonyl (C=O) groups excluding carboxylic acids is 1. The smallest absolute Gasteiger partial charge is 0.338 e. The minimum atomic E-state index is -0.730. The van der Waals surface area contributed by atoms with Gasteiger partial charge in [0.2, 0.25) is 0 Å². The van der Waals surface area contributed by atoms with Gasteiger partial charge in [0.05, 0.1) is 34.0 Å². The molecule has 38 heavy (non-hydrogen) atoms. The van der Waals surface area contributed by atoms with E-state index in [0.717, 1.165) is 11.1 Å². The van der Waals surface area contributed by atoms with Crippen molar-refractivity contribution >= 4 is 35.0 Å². The first-order chi connectivity index (χ1) is 18.4. The molecule has 0 aliphatic carbocycles. The van der Waals surface area contributed by atoms with Crippen LogP contribution in [0.2, 0.25) is 5.02 Å². The number of benzene rings is 2. The second-order valence-electron chi connectivity index (χ2n) is 8.42. The predicted octanol–water partition coefficient (Wildman–Crippen LogP) is 4.89. The number of thiazole rings is 1. The van der Waals surface area contributed by atoms with Crippen LogP contribution in [0.4, 0.5) is 0 Å². The van der Waals surface area contributed by atoms with Crippen LogP contribution in [0.15, 0.2) is 98.8 Å². The second kappa shape index (κ2) is 10.7. The maximum absolute atomic E-state index is 13.7. The van der Waals surface area contributed by atoms with Crippen LogP contribution in [-0.2, 0) is 9.53 Å². The Morgan fingerprint density at radius 2 is 1.95 bits per heavy atom. The molecule has 2 aromatic heterocycles. The van der Waals surface area contributed by atoms with Crippen LogP contribution in [0, 0.1) is 0 Å². The van der Waals surface area contributed by atoms with Gasteiger partial charge in [-0.3, -0.25) is 9.36 Å². The molecule has 9 heteroatoms. The molecule has 0 fully saturated rings. The zero-order chi connectivity index (χ0) is 26.8. The highest BCUT2D eigenvalue weighted by Crippen LogP contribution is 2.32. The molecule has 0 saturated heterocycles. The number of hydrogen-bond donors (Lipinski definition) is 0. The molecule has 192 valence electrons. The van der Waals surface area contributed by atoms with E-state index in [4.69, 9.17) is 25.5 Å². The largest absolute Gasteiger partial charge is 0.497 e. The Bertz CT molecular complexity index is 1740. The zero-order valence-corrected chi connectivity index (χ0v) is 22.2. The van der Waals surface area contributed by atoms with E-state index >= 15 is 0 Å². The predicted molar refractivity (Wildman–Crippen MR) is 147 cm³/mol. The summed E-state index contributed by atoms with van der Waals surface area (Å²) in [6.45, 7) is 5.39. The molecule has 7 nitrogen and oxygen atoms in total. The number of rotatable bonds is 7. The lowest BCUT2D eigenvalue weighted by Crippen LogP contribution is -2.39. The molecule has 5 rings (SSSR count). The standard InChI is InChI=1S/C29H23ClN2O5S/c1-4-15-36-28(34)25-17(2)31-29-32(26(25)18-9-11-19(35-3)12-10-18)27(33)24(38-29)16-20-13-14-23(37-20)21-7-5-6-8-22(21)30/h4-14,16,26H,1,15H2,2-3H3. The van der Waals surface area contributed by atoms with E-state index in [9.17, 15) is 9.59 Å². The first-order valence-corrected chi connectivity index (χ1v) is 12.9. The molecule has 0 amide bonds. The van der Waals surface area contributed by atoms with Crippen LogP contribution >= 0.6 is 22.9 Å². The first-order valence-electron chi connectivity index (χ1n) is 11.7. The summed E-state index contributed by atoms with van der Waals surface area (Å²) < 4.78 is 18.6. The fourth-order valence-corrected chi connectivity index (χ4v) is 5.52. The van der Waals surface area contributed by atoms with Gasteiger partial charge >= 0.3 is 5.97 Å². The van der Waals surface area contributed by atoms with E-state index in [2.05, 4.69) is 11.6 Å². The average Bonchev–Trinajstić information content (AvgIpc) is 3.51. The van der Waals surface area contributed by atoms with Crippen LogP contribution in [0.25, 0.3) is 17.4 Å². The van der Waals surface area contributed by atoms with Gasteiger partial charge in [-0.05, 0) is 48.9 Å². The van der Waals surface area contributed by atoms with Gasteiger partial charge in [-0.15, -0.1) is 0 Å². The molecule has 0 bridgehead atoms. The summed E-state index contributed by atoms with van der Waals surface area (Å²) >= 11 is 7.53. The van der Waals surface area contributed by atoms with Gasteiger partial charge in [0.1, 0.15) is 23.9 Å². The van der Waals surface area contributed by atoms with Crippen molar-refractivity contribution < 1.29 is 18.7 Å². The quantitative estimate of drug-likeness (QED) is 0.243. The summed E-state index contributed by atoms with van der Waals surface area (Å²) in [6, 6.07) is 17.4. The number of aromatic nitrogens is 1. The Balaban J connectivity index is 1.63. The number of furan rings is 1. The first kappa shape index (κ1) is 25.5. The van der Waals surface area contributed by atoms with E-state index in [-0.39, 0.29) is 17.7 Å². The fourth-order valence-electron chi connectivity index (χ4n) is 4.26. The van der Waals surface area contributed by atoms with Gasteiger partial charge in [0, 0.05) is 11.6 Å². The molecule has 0 radical (unpaired) electrons. The van der Waals surface area contributed by atoms with Crippen molar-refractivity contribution in [3.8, 4) is 17.1 Å². The Kier molecular flexibility index (Phi) is 7.18.